The highest BCUT2D eigenvalue weighted by molar-refractivity contribution is 6.31. The summed E-state index contributed by atoms with van der Waals surface area (Å²) in [5.41, 5.74) is 5.87. The number of carbonyl (C=O) groups is 1. The Balaban J connectivity index is 0.00000220. The molecule has 0 fully saturated rings. The van der Waals surface area contributed by atoms with Crippen molar-refractivity contribution < 1.29 is 14.4 Å². The zero-order chi connectivity index (χ0) is 14.6. The van der Waals surface area contributed by atoms with Crippen molar-refractivity contribution in [3.05, 3.63) is 34.9 Å². The summed E-state index contributed by atoms with van der Waals surface area (Å²) in [5, 5.41) is 4.47. The number of carbonyl (C=O) groups excluding carboxylic acids is 1. The molecule has 2 N–H and O–H groups in total. The predicted molar refractivity (Wildman–Crippen MR) is 84.0 cm³/mol. The monoisotopic (exact) mass is 332 g/mol. The number of oxime groups is 1. The van der Waals surface area contributed by atoms with Gasteiger partial charge in [-0.2, -0.15) is 0 Å². The van der Waals surface area contributed by atoms with Crippen LogP contribution in [0.3, 0.4) is 0 Å². The zero-order valence-corrected chi connectivity index (χ0v) is 13.2. The van der Waals surface area contributed by atoms with Gasteiger partial charge in [-0.3, -0.25) is 0 Å². The Labute approximate surface area is 134 Å². The number of hydrogen-bond acceptors (Lipinski definition) is 5. The van der Waals surface area contributed by atoms with Crippen LogP contribution in [0.1, 0.15) is 18.9 Å². The summed E-state index contributed by atoms with van der Waals surface area (Å²) in [6.07, 6.45) is 0.631. The number of ether oxygens (including phenoxy) is 1. The van der Waals surface area contributed by atoms with E-state index in [-0.39, 0.29) is 25.6 Å². The number of benzene rings is 1. The molecule has 1 aliphatic heterocycles. The largest absolute Gasteiger partial charge is 0.463 e. The van der Waals surface area contributed by atoms with E-state index in [1.807, 2.05) is 18.2 Å². The van der Waals surface area contributed by atoms with Crippen LogP contribution in [0.2, 0.25) is 5.02 Å². The van der Waals surface area contributed by atoms with Gasteiger partial charge in [-0.15, -0.1) is 12.4 Å². The minimum absolute atomic E-state index is 0. The van der Waals surface area contributed by atoms with Crippen LogP contribution in [-0.2, 0) is 20.8 Å². The highest BCUT2D eigenvalue weighted by Crippen LogP contribution is 2.32. The van der Waals surface area contributed by atoms with Crippen LogP contribution < -0.4 is 5.73 Å². The molecule has 1 unspecified atom stereocenters. The number of esters is 1. The summed E-state index contributed by atoms with van der Waals surface area (Å²) in [5.74, 6) is -0.438. The van der Waals surface area contributed by atoms with Crippen LogP contribution in [0.5, 0.6) is 0 Å². The van der Waals surface area contributed by atoms with Gasteiger partial charge in [0.15, 0.2) is 0 Å². The van der Waals surface area contributed by atoms with Crippen molar-refractivity contribution in [1.29, 1.82) is 0 Å². The second-order valence-corrected chi connectivity index (χ2v) is 5.02. The van der Waals surface area contributed by atoms with Crippen LogP contribution in [-0.4, -0.2) is 30.4 Å². The Morgan fingerprint density at radius 2 is 2.24 bits per heavy atom. The van der Waals surface area contributed by atoms with E-state index in [1.165, 1.54) is 0 Å². The highest BCUT2D eigenvalue weighted by Gasteiger charge is 2.48. The van der Waals surface area contributed by atoms with E-state index in [9.17, 15) is 4.79 Å². The molecule has 0 spiro atoms. The smallest absolute Gasteiger partial charge is 0.354 e. The average molecular weight is 333 g/mol. The van der Waals surface area contributed by atoms with Crippen molar-refractivity contribution in [2.24, 2.45) is 10.9 Å². The molecule has 0 aliphatic carbocycles. The Bertz CT molecular complexity index is 537. The quantitative estimate of drug-likeness (QED) is 0.840. The molecular weight excluding hydrogens is 315 g/mol. The molecule has 1 aromatic carbocycles. The van der Waals surface area contributed by atoms with Crippen LogP contribution in [0.4, 0.5) is 0 Å². The Morgan fingerprint density at radius 3 is 2.81 bits per heavy atom. The second kappa shape index (κ2) is 7.64. The first-order chi connectivity index (χ1) is 9.61. The lowest BCUT2D eigenvalue weighted by atomic mass is 9.89. The van der Waals surface area contributed by atoms with E-state index >= 15 is 0 Å². The zero-order valence-electron chi connectivity index (χ0n) is 11.7. The van der Waals surface area contributed by atoms with E-state index in [0.29, 0.717) is 23.6 Å². The molecule has 1 aromatic rings. The molecule has 1 heterocycles. The SMILES string of the molecule is CCOC(=O)C1(Cc2ccccc2Cl)CC(CN)=NO1.Cl. The van der Waals surface area contributed by atoms with Gasteiger partial charge in [-0.05, 0) is 18.6 Å². The molecule has 0 amide bonds. The molecule has 0 radical (unpaired) electrons. The van der Waals surface area contributed by atoms with Gasteiger partial charge in [0, 0.05) is 24.4 Å². The fourth-order valence-electron chi connectivity index (χ4n) is 2.14. The molecule has 0 bridgehead atoms. The van der Waals surface area contributed by atoms with Crippen molar-refractivity contribution in [2.75, 3.05) is 13.2 Å². The third kappa shape index (κ3) is 3.87. The Hall–Kier alpha value is -1.30. The fraction of sp³-hybridized carbons (Fsp3) is 0.429. The molecular formula is C14H18Cl2N2O3. The van der Waals surface area contributed by atoms with Crippen molar-refractivity contribution in [1.82, 2.24) is 0 Å². The first kappa shape index (κ1) is 17.8. The first-order valence-electron chi connectivity index (χ1n) is 6.46. The minimum Gasteiger partial charge on any atom is -0.463 e. The number of nitrogens with two attached hydrogens (primary N) is 1. The number of hydrogen-bond donors (Lipinski definition) is 1. The topological polar surface area (TPSA) is 73.9 Å². The van der Waals surface area contributed by atoms with Gasteiger partial charge in [0.25, 0.3) is 0 Å². The third-order valence-electron chi connectivity index (χ3n) is 3.16. The summed E-state index contributed by atoms with van der Waals surface area (Å²) in [7, 11) is 0. The van der Waals surface area contributed by atoms with Gasteiger partial charge in [0.05, 0.1) is 12.3 Å². The van der Waals surface area contributed by atoms with Crippen molar-refractivity contribution in [3.63, 3.8) is 0 Å². The van der Waals surface area contributed by atoms with Crippen molar-refractivity contribution >= 4 is 35.7 Å². The maximum atomic E-state index is 12.2. The van der Waals surface area contributed by atoms with E-state index in [1.54, 1.807) is 13.0 Å². The summed E-state index contributed by atoms with van der Waals surface area (Å²) < 4.78 is 5.11. The molecule has 7 heteroatoms. The standard InChI is InChI=1S/C14H17ClN2O3.ClH/c1-2-19-13(18)14(8-11(9-16)17-20-14)7-10-5-3-4-6-12(10)15;/h3-6H,2,7-9,16H2,1H3;1H. The number of halogens is 2. The lowest BCUT2D eigenvalue weighted by Crippen LogP contribution is -2.43. The molecule has 2 rings (SSSR count). The van der Waals surface area contributed by atoms with E-state index < -0.39 is 11.6 Å². The third-order valence-corrected chi connectivity index (χ3v) is 3.52. The molecule has 1 atom stereocenters. The van der Waals surface area contributed by atoms with Crippen LogP contribution in [0.15, 0.2) is 29.4 Å². The van der Waals surface area contributed by atoms with Crippen LogP contribution >= 0.6 is 24.0 Å². The first-order valence-corrected chi connectivity index (χ1v) is 6.83. The summed E-state index contributed by atoms with van der Waals surface area (Å²) >= 11 is 6.15. The lowest BCUT2D eigenvalue weighted by Gasteiger charge is -2.24. The molecule has 0 saturated heterocycles. The van der Waals surface area contributed by atoms with Crippen LogP contribution in [0, 0.1) is 0 Å². The van der Waals surface area contributed by atoms with Gasteiger partial charge in [-0.25, -0.2) is 4.79 Å². The number of nitrogens with zero attached hydrogens (tertiary/aromatic N) is 1. The highest BCUT2D eigenvalue weighted by atomic mass is 35.5. The van der Waals surface area contributed by atoms with E-state index in [2.05, 4.69) is 5.16 Å². The summed E-state index contributed by atoms with van der Waals surface area (Å²) in [6, 6.07) is 7.32. The predicted octanol–water partition coefficient (Wildman–Crippen LogP) is 2.34. The van der Waals surface area contributed by atoms with Crippen LogP contribution in [0.25, 0.3) is 0 Å². The van der Waals surface area contributed by atoms with Gasteiger partial charge < -0.3 is 15.3 Å². The van der Waals surface area contributed by atoms with Gasteiger partial charge in [-0.1, -0.05) is 35.0 Å². The maximum absolute atomic E-state index is 12.2. The van der Waals surface area contributed by atoms with Crippen molar-refractivity contribution in [2.45, 2.75) is 25.4 Å². The van der Waals surface area contributed by atoms with Gasteiger partial charge in [0.2, 0.25) is 5.60 Å². The van der Waals surface area contributed by atoms with Gasteiger partial charge in [0.1, 0.15) is 0 Å². The van der Waals surface area contributed by atoms with Gasteiger partial charge >= 0.3 is 5.97 Å². The molecule has 1 aliphatic rings. The Kier molecular flexibility index (Phi) is 6.45. The number of rotatable bonds is 5. The summed E-state index contributed by atoms with van der Waals surface area (Å²) in [4.78, 5) is 17.6. The maximum Gasteiger partial charge on any atom is 0.354 e. The molecule has 0 aromatic heterocycles. The minimum atomic E-state index is -1.16. The molecule has 0 saturated carbocycles. The lowest BCUT2D eigenvalue weighted by molar-refractivity contribution is -0.168. The second-order valence-electron chi connectivity index (χ2n) is 4.61. The van der Waals surface area contributed by atoms with E-state index in [0.717, 1.165) is 5.56 Å². The molecule has 21 heavy (non-hydrogen) atoms. The molecule has 116 valence electrons. The fourth-order valence-corrected chi connectivity index (χ4v) is 2.35. The Morgan fingerprint density at radius 1 is 1.52 bits per heavy atom. The van der Waals surface area contributed by atoms with Crippen molar-refractivity contribution in [3.8, 4) is 0 Å². The van der Waals surface area contributed by atoms with E-state index in [4.69, 9.17) is 26.9 Å². The average Bonchev–Trinajstić information content (AvgIpc) is 2.86. The molecule has 5 nitrogen and oxygen atoms in total. The summed E-state index contributed by atoms with van der Waals surface area (Å²) in [6.45, 7) is 2.29. The normalized spacial score (nSPS) is 20.2.